The number of nitro benzene ring substituents is 1. The number of nitrogens with zero attached hydrogens (tertiary/aromatic N) is 1. The Bertz CT molecular complexity index is 1140. The number of esters is 1. The Labute approximate surface area is 158 Å². The van der Waals surface area contributed by atoms with Gasteiger partial charge in [0.25, 0.3) is 11.6 Å². The number of carbonyl (C=O) groups is 2. The fourth-order valence-corrected chi connectivity index (χ4v) is 2.62. The second-order valence-corrected chi connectivity index (χ2v) is 5.90. The highest BCUT2D eigenvalue weighted by Crippen LogP contribution is 2.23. The van der Waals surface area contributed by atoms with Crippen LogP contribution >= 0.6 is 0 Å². The van der Waals surface area contributed by atoms with Crippen LogP contribution in [0.15, 0.2) is 59.4 Å². The van der Waals surface area contributed by atoms with Gasteiger partial charge in [0.15, 0.2) is 6.10 Å². The van der Waals surface area contributed by atoms with Crippen molar-refractivity contribution in [3.8, 4) is 0 Å². The highest BCUT2D eigenvalue weighted by molar-refractivity contribution is 6.05. The third-order valence-electron chi connectivity index (χ3n) is 3.98. The molecule has 1 heterocycles. The van der Waals surface area contributed by atoms with Crippen LogP contribution in [-0.2, 0) is 9.53 Å². The lowest BCUT2D eigenvalue weighted by atomic mass is 10.1. The summed E-state index contributed by atoms with van der Waals surface area (Å²) in [6, 6.07) is 13.4. The monoisotopic (exact) mass is 381 g/mol. The average molecular weight is 381 g/mol. The van der Waals surface area contributed by atoms with E-state index >= 15 is 0 Å². The van der Waals surface area contributed by atoms with Crippen molar-refractivity contribution >= 4 is 34.2 Å². The van der Waals surface area contributed by atoms with Gasteiger partial charge in [-0.1, -0.05) is 30.3 Å². The van der Waals surface area contributed by atoms with Crippen molar-refractivity contribution in [3.63, 3.8) is 0 Å². The number of aromatic amines is 1. The minimum Gasteiger partial charge on any atom is -0.449 e. The van der Waals surface area contributed by atoms with Gasteiger partial charge in [-0.3, -0.25) is 19.7 Å². The summed E-state index contributed by atoms with van der Waals surface area (Å²) in [5, 5.41) is 13.9. The number of carbonyl (C=O) groups excluding carboxylic acids is 2. The number of ether oxygens (including phenoxy) is 1. The van der Waals surface area contributed by atoms with E-state index in [1.807, 2.05) is 0 Å². The molecule has 142 valence electrons. The molecule has 9 nitrogen and oxygen atoms in total. The Kier molecular flexibility index (Phi) is 5.16. The van der Waals surface area contributed by atoms with Crippen molar-refractivity contribution in [2.45, 2.75) is 13.0 Å². The van der Waals surface area contributed by atoms with Gasteiger partial charge in [0.2, 0.25) is 5.56 Å². The van der Waals surface area contributed by atoms with E-state index in [0.717, 1.165) is 6.07 Å². The Morgan fingerprint density at radius 1 is 1.14 bits per heavy atom. The van der Waals surface area contributed by atoms with Crippen LogP contribution < -0.4 is 10.9 Å². The second kappa shape index (κ2) is 7.70. The zero-order valence-corrected chi connectivity index (χ0v) is 14.7. The van der Waals surface area contributed by atoms with Crippen LogP contribution in [-0.4, -0.2) is 27.9 Å². The minimum atomic E-state index is -1.25. The van der Waals surface area contributed by atoms with Crippen LogP contribution in [0.25, 0.3) is 10.9 Å². The number of pyridine rings is 1. The van der Waals surface area contributed by atoms with Crippen LogP contribution in [0.3, 0.4) is 0 Å². The molecule has 0 aliphatic heterocycles. The molecule has 0 aliphatic rings. The Morgan fingerprint density at radius 2 is 1.82 bits per heavy atom. The zero-order chi connectivity index (χ0) is 20.3. The predicted molar refractivity (Wildman–Crippen MR) is 101 cm³/mol. The number of nitro groups is 1. The summed E-state index contributed by atoms with van der Waals surface area (Å²) in [4.78, 5) is 49.6. The number of nitrogens with one attached hydrogen (secondary N) is 2. The van der Waals surface area contributed by atoms with E-state index < -0.39 is 28.5 Å². The first kappa shape index (κ1) is 18.8. The normalized spacial score (nSPS) is 11.6. The van der Waals surface area contributed by atoms with Crippen LogP contribution in [0, 0.1) is 10.1 Å². The molecule has 0 aliphatic carbocycles. The van der Waals surface area contributed by atoms with Crippen LogP contribution in [0.4, 0.5) is 11.4 Å². The largest absolute Gasteiger partial charge is 0.449 e. The molecule has 3 rings (SSSR count). The molecule has 9 heteroatoms. The molecular weight excluding hydrogens is 366 g/mol. The van der Waals surface area contributed by atoms with Gasteiger partial charge < -0.3 is 15.0 Å². The molecule has 0 radical (unpaired) electrons. The molecule has 0 bridgehead atoms. The molecule has 28 heavy (non-hydrogen) atoms. The molecule has 2 N–H and O–H groups in total. The van der Waals surface area contributed by atoms with Crippen LogP contribution in [0.5, 0.6) is 0 Å². The van der Waals surface area contributed by atoms with E-state index in [0.29, 0.717) is 10.9 Å². The lowest BCUT2D eigenvalue weighted by molar-refractivity contribution is -0.383. The van der Waals surface area contributed by atoms with Crippen molar-refractivity contribution < 1.29 is 19.2 Å². The van der Waals surface area contributed by atoms with Gasteiger partial charge in [-0.2, -0.15) is 0 Å². The molecule has 0 unspecified atom stereocenters. The maximum Gasteiger partial charge on any atom is 0.339 e. The molecule has 3 aromatic rings. The van der Waals surface area contributed by atoms with Gasteiger partial charge in [-0.05, 0) is 19.1 Å². The topological polar surface area (TPSA) is 131 Å². The maximum atomic E-state index is 12.5. The smallest absolute Gasteiger partial charge is 0.339 e. The molecule has 1 atom stereocenters. The van der Waals surface area contributed by atoms with E-state index in [1.54, 1.807) is 24.3 Å². The third kappa shape index (κ3) is 3.88. The van der Waals surface area contributed by atoms with Crippen molar-refractivity contribution in [2.24, 2.45) is 0 Å². The molecule has 1 aromatic heterocycles. The molecular formula is C19H15N3O6. The summed E-state index contributed by atoms with van der Waals surface area (Å²) in [5.41, 5.74) is -0.303. The predicted octanol–water partition coefficient (Wildman–Crippen LogP) is 2.62. The first-order valence-electron chi connectivity index (χ1n) is 8.24. The van der Waals surface area contributed by atoms with Gasteiger partial charge in [-0.25, -0.2) is 4.79 Å². The first-order chi connectivity index (χ1) is 13.4. The fraction of sp³-hybridized carbons (Fsp3) is 0.105. The molecule has 2 aromatic carbocycles. The average Bonchev–Trinajstić information content (AvgIpc) is 2.67. The Balaban J connectivity index is 1.79. The summed E-state index contributed by atoms with van der Waals surface area (Å²) in [6.45, 7) is 1.33. The van der Waals surface area contributed by atoms with E-state index in [-0.39, 0.29) is 16.9 Å². The number of para-hydroxylation sites is 3. The van der Waals surface area contributed by atoms with E-state index in [2.05, 4.69) is 10.3 Å². The zero-order valence-electron chi connectivity index (χ0n) is 14.7. The molecule has 0 saturated carbocycles. The number of fused-ring (bicyclic) bond motifs is 1. The van der Waals surface area contributed by atoms with E-state index in [4.69, 9.17) is 4.74 Å². The SMILES string of the molecule is C[C@H](OC(=O)c1cc(=O)[nH]c2ccccc12)C(=O)Nc1ccccc1[N+](=O)[O-]. The highest BCUT2D eigenvalue weighted by Gasteiger charge is 2.23. The summed E-state index contributed by atoms with van der Waals surface area (Å²) in [5.74, 6) is -1.59. The van der Waals surface area contributed by atoms with Crippen molar-refractivity contribution in [2.75, 3.05) is 5.32 Å². The molecule has 1 amide bonds. The number of rotatable bonds is 5. The summed E-state index contributed by atoms with van der Waals surface area (Å²) in [6.07, 6.45) is -1.25. The standard InChI is InChI=1S/C19H15N3O6/c1-11(18(24)21-15-8-4-5-9-16(15)22(26)27)28-19(25)13-10-17(23)20-14-7-3-2-6-12(13)14/h2-11H,1H3,(H,20,23)(H,21,24)/t11-/m0/s1. The Morgan fingerprint density at radius 3 is 2.57 bits per heavy atom. The van der Waals surface area contributed by atoms with Gasteiger partial charge in [0.1, 0.15) is 5.69 Å². The molecule has 0 saturated heterocycles. The summed E-state index contributed by atoms with van der Waals surface area (Å²) in [7, 11) is 0. The quantitative estimate of drug-likeness (QED) is 0.397. The lowest BCUT2D eigenvalue weighted by Crippen LogP contribution is -2.30. The number of hydrogen-bond acceptors (Lipinski definition) is 6. The summed E-state index contributed by atoms with van der Waals surface area (Å²) >= 11 is 0. The molecule has 0 fully saturated rings. The number of hydrogen-bond donors (Lipinski definition) is 2. The second-order valence-electron chi connectivity index (χ2n) is 5.90. The molecule has 0 spiro atoms. The number of H-pyrrole nitrogens is 1. The van der Waals surface area contributed by atoms with Gasteiger partial charge in [0.05, 0.1) is 10.5 Å². The maximum absolute atomic E-state index is 12.5. The first-order valence-corrected chi connectivity index (χ1v) is 8.24. The van der Waals surface area contributed by atoms with Crippen LogP contribution in [0.1, 0.15) is 17.3 Å². The van der Waals surface area contributed by atoms with Crippen molar-refractivity contribution in [1.29, 1.82) is 0 Å². The summed E-state index contributed by atoms with van der Waals surface area (Å²) < 4.78 is 5.16. The third-order valence-corrected chi connectivity index (χ3v) is 3.98. The van der Waals surface area contributed by atoms with Crippen LogP contribution in [0.2, 0.25) is 0 Å². The van der Waals surface area contributed by atoms with Gasteiger partial charge >= 0.3 is 5.97 Å². The number of aromatic nitrogens is 1. The fourth-order valence-electron chi connectivity index (χ4n) is 2.62. The van der Waals surface area contributed by atoms with Crippen molar-refractivity contribution in [1.82, 2.24) is 4.98 Å². The number of amides is 1. The highest BCUT2D eigenvalue weighted by atomic mass is 16.6. The number of anilines is 1. The van der Waals surface area contributed by atoms with Gasteiger partial charge in [-0.15, -0.1) is 0 Å². The number of benzene rings is 2. The van der Waals surface area contributed by atoms with Crippen molar-refractivity contribution in [3.05, 3.63) is 80.6 Å². The van der Waals surface area contributed by atoms with E-state index in [9.17, 15) is 24.5 Å². The minimum absolute atomic E-state index is 0.0120. The Hall–Kier alpha value is -4.01. The van der Waals surface area contributed by atoms with E-state index in [1.165, 1.54) is 31.2 Å². The van der Waals surface area contributed by atoms with Gasteiger partial charge in [0, 0.05) is 23.0 Å². The lowest BCUT2D eigenvalue weighted by Gasteiger charge is -2.14.